The van der Waals surface area contributed by atoms with Gasteiger partial charge < -0.3 is 4.74 Å². The standard InChI is InChI=1S/C18H20ClN5OS2/c19-14-8-16-21-11-22-24(16)10-13(14)12-3-5-23(6-4-12)27-17-9-20-18(26-17)15-2-1-7-25-15/h8-12,15H,1-7H2. The maximum atomic E-state index is 6.51. The SMILES string of the molecule is Clc1cc2ncnn2cc1C1CCN(Sc2cnc(C3CCCO3)s2)CC1. The second kappa shape index (κ2) is 7.67. The molecule has 0 N–H and O–H groups in total. The molecule has 2 fully saturated rings. The van der Waals surface area contributed by atoms with Gasteiger partial charge in [-0.05, 0) is 49.1 Å². The Hall–Kier alpha value is -1.19. The van der Waals surface area contributed by atoms with E-state index in [1.165, 1.54) is 9.77 Å². The lowest BCUT2D eigenvalue weighted by Crippen LogP contribution is -2.27. The Morgan fingerprint density at radius 3 is 2.93 bits per heavy atom. The highest BCUT2D eigenvalue weighted by Gasteiger charge is 2.25. The first-order chi connectivity index (χ1) is 13.3. The molecule has 0 aliphatic carbocycles. The van der Waals surface area contributed by atoms with Gasteiger partial charge in [-0.3, -0.25) is 0 Å². The Labute approximate surface area is 171 Å². The molecule has 5 heterocycles. The van der Waals surface area contributed by atoms with Crippen molar-refractivity contribution in [1.82, 2.24) is 23.9 Å². The molecule has 0 bridgehead atoms. The summed E-state index contributed by atoms with van der Waals surface area (Å²) in [4.78, 5) is 8.77. The van der Waals surface area contributed by atoms with Crippen molar-refractivity contribution in [3.05, 3.63) is 40.4 Å². The van der Waals surface area contributed by atoms with Gasteiger partial charge in [0.05, 0.1) is 10.4 Å². The number of nitrogens with zero attached hydrogens (tertiary/aromatic N) is 5. The normalized spacial score (nSPS) is 22.0. The molecule has 0 amide bonds. The molecule has 0 spiro atoms. The van der Waals surface area contributed by atoms with Crippen LogP contribution in [0.4, 0.5) is 0 Å². The molecule has 9 heteroatoms. The predicted octanol–water partition coefficient (Wildman–Crippen LogP) is 4.58. The van der Waals surface area contributed by atoms with E-state index in [9.17, 15) is 0 Å². The second-order valence-electron chi connectivity index (χ2n) is 6.95. The molecule has 2 aliphatic rings. The van der Waals surface area contributed by atoms with Gasteiger partial charge in [-0.15, -0.1) is 11.3 Å². The summed E-state index contributed by atoms with van der Waals surface area (Å²) >= 11 is 10.1. The van der Waals surface area contributed by atoms with Crippen LogP contribution in [0, 0.1) is 0 Å². The molecule has 1 atom stereocenters. The van der Waals surface area contributed by atoms with Crippen LogP contribution in [0.15, 0.2) is 29.0 Å². The van der Waals surface area contributed by atoms with Crippen LogP contribution in [-0.2, 0) is 4.74 Å². The summed E-state index contributed by atoms with van der Waals surface area (Å²) in [5, 5.41) is 6.16. The lowest BCUT2D eigenvalue weighted by molar-refractivity contribution is 0.111. The number of thiazole rings is 1. The number of aromatic nitrogens is 4. The van der Waals surface area contributed by atoms with Crippen LogP contribution in [0.2, 0.25) is 5.02 Å². The zero-order valence-electron chi connectivity index (χ0n) is 14.8. The van der Waals surface area contributed by atoms with E-state index in [4.69, 9.17) is 16.3 Å². The Morgan fingerprint density at radius 1 is 1.22 bits per heavy atom. The minimum Gasteiger partial charge on any atom is -0.371 e. The number of rotatable bonds is 4. The van der Waals surface area contributed by atoms with E-state index in [2.05, 4.69) is 19.4 Å². The van der Waals surface area contributed by atoms with E-state index in [0.717, 1.165) is 61.1 Å². The smallest absolute Gasteiger partial charge is 0.156 e. The van der Waals surface area contributed by atoms with E-state index in [1.54, 1.807) is 17.7 Å². The molecule has 142 valence electrons. The molecule has 2 aliphatic heterocycles. The highest BCUT2D eigenvalue weighted by molar-refractivity contribution is 7.98. The van der Waals surface area contributed by atoms with E-state index in [0.29, 0.717) is 5.92 Å². The number of piperidine rings is 1. The average Bonchev–Trinajstić information content (AvgIpc) is 3.43. The van der Waals surface area contributed by atoms with Crippen LogP contribution in [-0.4, -0.2) is 43.6 Å². The third kappa shape index (κ3) is 3.73. The van der Waals surface area contributed by atoms with Gasteiger partial charge in [0.1, 0.15) is 17.4 Å². The zero-order valence-corrected chi connectivity index (χ0v) is 17.1. The third-order valence-corrected chi connectivity index (χ3v) is 7.81. The Morgan fingerprint density at radius 2 is 2.11 bits per heavy atom. The number of halogens is 1. The van der Waals surface area contributed by atoms with E-state index in [1.807, 2.05) is 34.9 Å². The highest BCUT2D eigenvalue weighted by atomic mass is 35.5. The molecule has 1 unspecified atom stereocenters. The van der Waals surface area contributed by atoms with Gasteiger partial charge in [0.15, 0.2) is 5.65 Å². The van der Waals surface area contributed by atoms with Crippen molar-refractivity contribution in [2.24, 2.45) is 0 Å². The van der Waals surface area contributed by atoms with Gasteiger partial charge >= 0.3 is 0 Å². The average molecular weight is 422 g/mol. The van der Waals surface area contributed by atoms with Crippen LogP contribution in [0.1, 0.15) is 48.3 Å². The van der Waals surface area contributed by atoms with Crippen LogP contribution < -0.4 is 0 Å². The van der Waals surface area contributed by atoms with Crippen LogP contribution in [0.25, 0.3) is 5.65 Å². The van der Waals surface area contributed by atoms with Crippen LogP contribution in [0.3, 0.4) is 0 Å². The van der Waals surface area contributed by atoms with Crippen LogP contribution in [0.5, 0.6) is 0 Å². The van der Waals surface area contributed by atoms with Gasteiger partial charge in [-0.25, -0.2) is 18.8 Å². The fraction of sp³-hybridized carbons (Fsp3) is 0.500. The van der Waals surface area contributed by atoms with Crippen molar-refractivity contribution >= 4 is 40.5 Å². The Bertz CT molecular complexity index is 931. The van der Waals surface area contributed by atoms with Crippen molar-refractivity contribution in [2.75, 3.05) is 19.7 Å². The minimum atomic E-state index is 0.212. The van der Waals surface area contributed by atoms with E-state index >= 15 is 0 Å². The lowest BCUT2D eigenvalue weighted by Gasteiger charge is -2.31. The molecule has 0 aromatic carbocycles. The molecule has 5 rings (SSSR count). The molecular weight excluding hydrogens is 402 g/mol. The Balaban J connectivity index is 1.21. The fourth-order valence-corrected chi connectivity index (χ4v) is 6.28. The highest BCUT2D eigenvalue weighted by Crippen LogP contribution is 2.39. The van der Waals surface area contributed by atoms with E-state index in [-0.39, 0.29) is 6.10 Å². The molecule has 27 heavy (non-hydrogen) atoms. The quantitative estimate of drug-likeness (QED) is 0.575. The fourth-order valence-electron chi connectivity index (χ4n) is 3.77. The van der Waals surface area contributed by atoms with Gasteiger partial charge in [0.25, 0.3) is 0 Å². The van der Waals surface area contributed by atoms with Crippen molar-refractivity contribution in [2.45, 2.75) is 41.9 Å². The number of hydrogen-bond donors (Lipinski definition) is 0. The van der Waals surface area contributed by atoms with Gasteiger partial charge in [-0.2, -0.15) is 5.10 Å². The summed E-state index contributed by atoms with van der Waals surface area (Å²) in [6.07, 6.45) is 10.2. The van der Waals surface area contributed by atoms with Gasteiger partial charge in [-0.1, -0.05) is 11.6 Å². The summed E-state index contributed by atoms with van der Waals surface area (Å²) in [6, 6.07) is 1.91. The summed E-state index contributed by atoms with van der Waals surface area (Å²) in [5.74, 6) is 0.465. The zero-order chi connectivity index (χ0) is 18.2. The molecule has 0 saturated carbocycles. The number of hydrogen-bond acceptors (Lipinski definition) is 7. The monoisotopic (exact) mass is 421 g/mol. The first-order valence-corrected chi connectivity index (χ1v) is 11.2. The molecule has 6 nitrogen and oxygen atoms in total. The molecule has 0 radical (unpaired) electrons. The number of pyridine rings is 1. The third-order valence-electron chi connectivity index (χ3n) is 5.21. The molecular formula is C18H20ClN5OS2. The summed E-state index contributed by atoms with van der Waals surface area (Å²) in [7, 11) is 0. The van der Waals surface area contributed by atoms with Gasteiger partial charge in [0.2, 0.25) is 0 Å². The minimum absolute atomic E-state index is 0.212. The first kappa shape index (κ1) is 17.9. The summed E-state index contributed by atoms with van der Waals surface area (Å²) < 4.78 is 11.2. The summed E-state index contributed by atoms with van der Waals surface area (Å²) in [5.41, 5.74) is 1.97. The number of ether oxygens (including phenoxy) is 1. The molecule has 3 aromatic heterocycles. The Kier molecular flexibility index (Phi) is 5.08. The molecule has 2 saturated heterocycles. The number of fused-ring (bicyclic) bond motifs is 1. The van der Waals surface area contributed by atoms with E-state index < -0.39 is 0 Å². The predicted molar refractivity (Wildman–Crippen MR) is 107 cm³/mol. The maximum Gasteiger partial charge on any atom is 0.156 e. The van der Waals surface area contributed by atoms with Crippen molar-refractivity contribution in [3.8, 4) is 0 Å². The second-order valence-corrected chi connectivity index (χ2v) is 9.82. The lowest BCUT2D eigenvalue weighted by atomic mass is 9.91. The largest absolute Gasteiger partial charge is 0.371 e. The van der Waals surface area contributed by atoms with Gasteiger partial charge in [0, 0.05) is 37.0 Å². The van der Waals surface area contributed by atoms with Crippen molar-refractivity contribution in [3.63, 3.8) is 0 Å². The first-order valence-electron chi connectivity index (χ1n) is 9.25. The van der Waals surface area contributed by atoms with Crippen LogP contribution >= 0.6 is 34.9 Å². The van der Waals surface area contributed by atoms with Crippen molar-refractivity contribution in [1.29, 1.82) is 0 Å². The topological polar surface area (TPSA) is 55.5 Å². The molecule has 3 aromatic rings. The summed E-state index contributed by atoms with van der Waals surface area (Å²) in [6.45, 7) is 2.94. The maximum absolute atomic E-state index is 6.51. The van der Waals surface area contributed by atoms with Crippen molar-refractivity contribution < 1.29 is 4.74 Å².